The number of piperidine rings is 2. The van der Waals surface area contributed by atoms with Crippen LogP contribution in [0.5, 0.6) is 0 Å². The van der Waals surface area contributed by atoms with Gasteiger partial charge in [0.1, 0.15) is 12.0 Å². The highest BCUT2D eigenvalue weighted by Crippen LogP contribution is 2.31. The van der Waals surface area contributed by atoms with E-state index >= 15 is 0 Å². The number of likely N-dealkylation sites (tertiary alicyclic amines) is 1. The Morgan fingerprint density at radius 2 is 1.59 bits per heavy atom. The van der Waals surface area contributed by atoms with E-state index in [1.807, 2.05) is 47.8 Å². The lowest BCUT2D eigenvalue weighted by Gasteiger charge is -2.31. The van der Waals surface area contributed by atoms with Gasteiger partial charge < -0.3 is 15.5 Å². The number of rotatable bonds is 5. The number of amides is 2. The summed E-state index contributed by atoms with van der Waals surface area (Å²) in [4.78, 5) is 27.6. The van der Waals surface area contributed by atoms with Gasteiger partial charge in [0.25, 0.3) is 0 Å². The molecule has 2 heterocycles. The van der Waals surface area contributed by atoms with Crippen molar-refractivity contribution in [2.24, 2.45) is 5.92 Å². The van der Waals surface area contributed by atoms with Crippen LogP contribution in [0.25, 0.3) is 0 Å². The number of alkyl halides is 3. The van der Waals surface area contributed by atoms with Crippen LogP contribution in [0.3, 0.4) is 0 Å². The van der Waals surface area contributed by atoms with Crippen molar-refractivity contribution < 1.29 is 22.8 Å². The van der Waals surface area contributed by atoms with Crippen molar-refractivity contribution >= 4 is 11.8 Å². The largest absolute Gasteiger partial charge is 0.408 e. The fourth-order valence-electron chi connectivity index (χ4n) is 4.85. The average Bonchev–Trinajstić information content (AvgIpc) is 2.83. The molecule has 0 aromatic heterocycles. The molecule has 3 atom stereocenters. The van der Waals surface area contributed by atoms with Gasteiger partial charge in [0.2, 0.25) is 11.8 Å². The van der Waals surface area contributed by atoms with E-state index in [0.717, 1.165) is 37.1 Å². The zero-order chi connectivity index (χ0) is 24.3. The van der Waals surface area contributed by atoms with E-state index in [4.69, 9.17) is 0 Å². The van der Waals surface area contributed by atoms with Crippen LogP contribution >= 0.6 is 0 Å². The molecular formula is C26H30F3N3O2. The minimum Gasteiger partial charge on any atom is -0.344 e. The Kier molecular flexibility index (Phi) is 7.26. The predicted octanol–water partition coefficient (Wildman–Crippen LogP) is 4.16. The minimum atomic E-state index is -4.51. The van der Waals surface area contributed by atoms with E-state index < -0.39 is 36.0 Å². The van der Waals surface area contributed by atoms with Crippen molar-refractivity contribution in [3.63, 3.8) is 0 Å². The van der Waals surface area contributed by atoms with Gasteiger partial charge in [0.05, 0.1) is 6.04 Å². The fraction of sp³-hybridized carbons (Fsp3) is 0.462. The maximum atomic E-state index is 13.0. The zero-order valence-corrected chi connectivity index (χ0v) is 19.1. The van der Waals surface area contributed by atoms with Crippen LogP contribution in [0.4, 0.5) is 13.2 Å². The molecule has 2 aliphatic heterocycles. The van der Waals surface area contributed by atoms with Gasteiger partial charge in [0, 0.05) is 0 Å². The molecule has 0 spiro atoms. The Balaban J connectivity index is 1.50. The van der Waals surface area contributed by atoms with Crippen LogP contribution in [-0.2, 0) is 9.59 Å². The molecule has 2 aromatic rings. The van der Waals surface area contributed by atoms with Crippen molar-refractivity contribution in [3.8, 4) is 0 Å². The number of carbonyl (C=O) groups is 2. The molecule has 2 aliphatic rings. The van der Waals surface area contributed by atoms with Crippen LogP contribution in [0.1, 0.15) is 54.3 Å². The number of halogens is 3. The smallest absolute Gasteiger partial charge is 0.344 e. The Morgan fingerprint density at radius 1 is 0.971 bits per heavy atom. The lowest BCUT2D eigenvalue weighted by atomic mass is 9.87. The topological polar surface area (TPSA) is 61.4 Å². The van der Waals surface area contributed by atoms with Crippen molar-refractivity contribution in [2.45, 2.75) is 49.9 Å². The Labute approximate surface area is 197 Å². The second kappa shape index (κ2) is 10.2. The summed E-state index contributed by atoms with van der Waals surface area (Å²) in [7, 11) is 2.13. The van der Waals surface area contributed by atoms with Crippen molar-refractivity contribution in [3.05, 3.63) is 71.3 Å². The first-order valence-electron chi connectivity index (χ1n) is 11.7. The number of carbonyl (C=O) groups excluding carboxylic acids is 2. The van der Waals surface area contributed by atoms with E-state index in [1.165, 1.54) is 5.56 Å². The molecule has 0 aliphatic carbocycles. The highest BCUT2D eigenvalue weighted by molar-refractivity contribution is 6.01. The van der Waals surface area contributed by atoms with E-state index in [2.05, 4.69) is 29.4 Å². The monoisotopic (exact) mass is 473 g/mol. The van der Waals surface area contributed by atoms with Gasteiger partial charge in [-0.05, 0) is 68.4 Å². The van der Waals surface area contributed by atoms with Crippen LogP contribution < -0.4 is 10.6 Å². The number of hydrogen-bond donors (Lipinski definition) is 2. The summed E-state index contributed by atoms with van der Waals surface area (Å²) >= 11 is 0. The van der Waals surface area contributed by atoms with Crippen LogP contribution in [0, 0.1) is 5.92 Å². The molecule has 2 fully saturated rings. The van der Waals surface area contributed by atoms with Gasteiger partial charge >= 0.3 is 6.18 Å². The number of nitrogens with one attached hydrogen (secondary N) is 2. The lowest BCUT2D eigenvalue weighted by Crippen LogP contribution is -2.54. The Bertz CT molecular complexity index is 987. The van der Waals surface area contributed by atoms with Crippen LogP contribution in [0.2, 0.25) is 0 Å². The predicted molar refractivity (Wildman–Crippen MR) is 123 cm³/mol. The van der Waals surface area contributed by atoms with E-state index in [-0.39, 0.29) is 12.8 Å². The van der Waals surface area contributed by atoms with Gasteiger partial charge in [-0.2, -0.15) is 13.2 Å². The van der Waals surface area contributed by atoms with Gasteiger partial charge in [-0.1, -0.05) is 54.6 Å². The molecule has 0 saturated carbocycles. The summed E-state index contributed by atoms with van der Waals surface area (Å²) in [5, 5.41) is 4.88. The van der Waals surface area contributed by atoms with Gasteiger partial charge in [-0.25, -0.2) is 0 Å². The molecule has 2 saturated heterocycles. The van der Waals surface area contributed by atoms with Crippen molar-refractivity contribution in [1.82, 2.24) is 15.5 Å². The van der Waals surface area contributed by atoms with E-state index in [1.54, 1.807) is 0 Å². The summed E-state index contributed by atoms with van der Waals surface area (Å²) in [6.07, 6.45) is -2.76. The molecule has 2 amide bonds. The quantitative estimate of drug-likeness (QED) is 0.642. The molecule has 3 unspecified atom stereocenters. The maximum Gasteiger partial charge on any atom is 0.408 e. The van der Waals surface area contributed by atoms with Gasteiger partial charge in [-0.15, -0.1) is 0 Å². The third kappa shape index (κ3) is 5.60. The Hall–Kier alpha value is -2.87. The van der Waals surface area contributed by atoms with E-state index in [0.29, 0.717) is 5.92 Å². The summed E-state index contributed by atoms with van der Waals surface area (Å²) in [6, 6.07) is 15.1. The average molecular weight is 474 g/mol. The molecular weight excluding hydrogens is 443 g/mol. The van der Waals surface area contributed by atoms with Crippen molar-refractivity contribution in [2.75, 3.05) is 20.1 Å². The highest BCUT2D eigenvalue weighted by Gasteiger charge is 2.46. The normalized spacial score (nSPS) is 23.2. The first kappa shape index (κ1) is 24.3. The standard InChI is InChI=1S/C26H30F3N3O2/c1-32-15-13-18(14-16-32)17-7-9-20(10-8-17)23(19-5-3-2-4-6-19)31-25(34)21-11-12-22(26(27,28)29)30-24(21)33/h2-10,18,21-23H,11-16H2,1H3,(H,30,33)(H,31,34). The SMILES string of the molecule is CN1CCC(c2ccc(C(NC(=O)C3CCC(C(F)(F)F)NC3=O)c3ccccc3)cc2)CC1. The van der Waals surface area contributed by atoms with Crippen LogP contribution in [0.15, 0.2) is 54.6 Å². The highest BCUT2D eigenvalue weighted by atomic mass is 19.4. The second-order valence-electron chi connectivity index (χ2n) is 9.33. The maximum absolute atomic E-state index is 13.0. The molecule has 4 rings (SSSR count). The minimum absolute atomic E-state index is 0.140. The summed E-state index contributed by atoms with van der Waals surface area (Å²) in [5.74, 6) is -2.09. The molecule has 0 radical (unpaired) electrons. The third-order valence-electron chi connectivity index (χ3n) is 6.97. The fourth-order valence-corrected chi connectivity index (χ4v) is 4.85. The molecule has 182 valence electrons. The van der Waals surface area contributed by atoms with Gasteiger partial charge in [-0.3, -0.25) is 9.59 Å². The molecule has 2 aromatic carbocycles. The Morgan fingerprint density at radius 3 is 2.18 bits per heavy atom. The van der Waals surface area contributed by atoms with Gasteiger partial charge in [0.15, 0.2) is 0 Å². The molecule has 0 bridgehead atoms. The summed E-state index contributed by atoms with van der Waals surface area (Å²) < 4.78 is 38.9. The second-order valence-corrected chi connectivity index (χ2v) is 9.33. The number of nitrogens with zero attached hydrogens (tertiary/aromatic N) is 1. The molecule has 8 heteroatoms. The van der Waals surface area contributed by atoms with Crippen LogP contribution in [-0.4, -0.2) is 49.1 Å². The molecule has 5 nitrogen and oxygen atoms in total. The van der Waals surface area contributed by atoms with E-state index in [9.17, 15) is 22.8 Å². The number of hydrogen-bond acceptors (Lipinski definition) is 3. The number of benzene rings is 2. The summed E-state index contributed by atoms with van der Waals surface area (Å²) in [6.45, 7) is 2.13. The zero-order valence-electron chi connectivity index (χ0n) is 19.1. The lowest BCUT2D eigenvalue weighted by molar-refractivity contribution is -0.171. The van der Waals surface area contributed by atoms with Crippen molar-refractivity contribution in [1.29, 1.82) is 0 Å². The first-order valence-corrected chi connectivity index (χ1v) is 11.7. The summed E-state index contributed by atoms with van der Waals surface area (Å²) in [5.41, 5.74) is 2.97. The molecule has 34 heavy (non-hydrogen) atoms. The first-order chi connectivity index (χ1) is 16.2. The third-order valence-corrected chi connectivity index (χ3v) is 6.97. The molecule has 2 N–H and O–H groups in total.